The summed E-state index contributed by atoms with van der Waals surface area (Å²) in [5.41, 5.74) is 3.17. The van der Waals surface area contributed by atoms with Crippen molar-refractivity contribution in [1.29, 1.82) is 0 Å². The molecule has 4 aromatic heterocycles. The zero-order chi connectivity index (χ0) is 28.8. The summed E-state index contributed by atoms with van der Waals surface area (Å²) < 4.78 is 8.03. The van der Waals surface area contributed by atoms with Crippen molar-refractivity contribution in [3.8, 4) is 5.82 Å². The quantitative estimate of drug-likeness (QED) is 0.314. The number of nitrogens with one attached hydrogen (secondary N) is 1. The number of nitrogens with zero attached hydrogens (tertiary/aromatic N) is 8. The second kappa shape index (κ2) is 10.2. The van der Waals surface area contributed by atoms with E-state index in [1.165, 1.54) is 23.5 Å². The zero-order valence-corrected chi connectivity index (χ0v) is 23.1. The number of rotatable bonds is 5. The molecule has 0 amide bonds. The molecule has 1 saturated heterocycles. The lowest BCUT2D eigenvalue weighted by atomic mass is 10.1. The van der Waals surface area contributed by atoms with E-state index < -0.39 is 5.97 Å². The predicted molar refractivity (Wildman–Crippen MR) is 160 cm³/mol. The first-order valence-electron chi connectivity index (χ1n) is 13.5. The monoisotopic (exact) mass is 561 g/mol. The largest absolute Gasteiger partial charge is 0.465 e. The molecule has 12 heteroatoms. The number of carbonyl (C=O) groups excluding carboxylic acids is 1. The minimum Gasteiger partial charge on any atom is -0.465 e. The van der Waals surface area contributed by atoms with Gasteiger partial charge in [0.15, 0.2) is 17.1 Å². The van der Waals surface area contributed by atoms with E-state index in [9.17, 15) is 9.59 Å². The summed E-state index contributed by atoms with van der Waals surface area (Å²) >= 11 is 0. The summed E-state index contributed by atoms with van der Waals surface area (Å²) in [4.78, 5) is 49.1. The van der Waals surface area contributed by atoms with Crippen LogP contribution in [-0.4, -0.2) is 80.3 Å². The molecule has 1 fully saturated rings. The number of fused-ring (bicyclic) bond motifs is 4. The molecule has 42 heavy (non-hydrogen) atoms. The van der Waals surface area contributed by atoms with E-state index in [4.69, 9.17) is 9.72 Å². The molecule has 7 rings (SSSR count). The Hall–Kier alpha value is -5.36. The highest BCUT2D eigenvalue weighted by Crippen LogP contribution is 2.26. The molecular formula is C30H27N9O3. The topological polar surface area (TPSA) is 123 Å². The zero-order valence-electron chi connectivity index (χ0n) is 23.1. The van der Waals surface area contributed by atoms with Gasteiger partial charge in [-0.25, -0.2) is 24.4 Å². The number of benzene rings is 2. The Morgan fingerprint density at radius 2 is 1.74 bits per heavy atom. The van der Waals surface area contributed by atoms with Gasteiger partial charge in [0.1, 0.15) is 5.39 Å². The van der Waals surface area contributed by atoms with E-state index >= 15 is 0 Å². The normalized spacial score (nSPS) is 14.1. The highest BCUT2D eigenvalue weighted by Gasteiger charge is 2.21. The minimum atomic E-state index is -0.490. The van der Waals surface area contributed by atoms with Gasteiger partial charge in [-0.2, -0.15) is 9.50 Å². The number of methoxy groups -OCH3 is 1. The van der Waals surface area contributed by atoms with E-state index in [1.807, 2.05) is 18.2 Å². The average Bonchev–Trinajstić information content (AvgIpc) is 3.35. The Balaban J connectivity index is 1.31. The van der Waals surface area contributed by atoms with Crippen LogP contribution in [0.1, 0.15) is 10.4 Å². The van der Waals surface area contributed by atoms with Crippen LogP contribution in [0.5, 0.6) is 0 Å². The van der Waals surface area contributed by atoms with Crippen LogP contribution in [0.15, 0.2) is 77.9 Å². The van der Waals surface area contributed by atoms with Crippen molar-refractivity contribution in [2.24, 2.45) is 0 Å². The molecule has 1 aliphatic rings. The summed E-state index contributed by atoms with van der Waals surface area (Å²) in [5.74, 6) is 0.344. The number of aromatic nitrogens is 6. The Morgan fingerprint density at radius 3 is 2.48 bits per heavy atom. The maximum absolute atomic E-state index is 13.9. The molecule has 1 N–H and O–H groups in total. The Morgan fingerprint density at radius 1 is 0.929 bits per heavy atom. The lowest BCUT2D eigenvalue weighted by Gasteiger charge is -2.34. The first-order chi connectivity index (χ1) is 20.5. The smallest absolute Gasteiger partial charge is 0.337 e. The van der Waals surface area contributed by atoms with E-state index in [-0.39, 0.29) is 16.6 Å². The molecule has 1 aliphatic heterocycles. The highest BCUT2D eigenvalue weighted by atomic mass is 16.5. The van der Waals surface area contributed by atoms with Gasteiger partial charge in [0.25, 0.3) is 5.56 Å². The van der Waals surface area contributed by atoms with E-state index in [0.717, 1.165) is 31.9 Å². The summed E-state index contributed by atoms with van der Waals surface area (Å²) in [7, 11) is 3.46. The van der Waals surface area contributed by atoms with Crippen molar-refractivity contribution in [2.45, 2.75) is 0 Å². The fourth-order valence-corrected chi connectivity index (χ4v) is 5.29. The molecule has 2 aromatic carbocycles. The number of piperazine rings is 1. The first kappa shape index (κ1) is 25.6. The predicted octanol–water partition coefficient (Wildman–Crippen LogP) is 3.26. The maximum Gasteiger partial charge on any atom is 0.337 e. The van der Waals surface area contributed by atoms with Crippen molar-refractivity contribution in [3.63, 3.8) is 0 Å². The van der Waals surface area contributed by atoms with Gasteiger partial charge < -0.3 is 19.9 Å². The lowest BCUT2D eigenvalue weighted by Crippen LogP contribution is -2.44. The molecule has 0 aliphatic carbocycles. The third kappa shape index (κ3) is 4.38. The number of hydrogen-bond acceptors (Lipinski definition) is 10. The summed E-state index contributed by atoms with van der Waals surface area (Å²) in [6.45, 7) is 4.06. The SMILES string of the molecule is COC(=O)c1ccc2c(c1)c1nc3nc(Nc4ccc(N5CCN(C)CC5)cc4)ncc3c(=O)n1n2-c1ccccn1. The van der Waals surface area contributed by atoms with E-state index in [0.29, 0.717) is 33.9 Å². The molecule has 0 radical (unpaired) electrons. The Kier molecular flexibility index (Phi) is 6.24. The van der Waals surface area contributed by atoms with Crippen LogP contribution in [-0.2, 0) is 4.74 Å². The number of esters is 1. The molecule has 0 saturated carbocycles. The van der Waals surface area contributed by atoms with Gasteiger partial charge in [0.2, 0.25) is 5.95 Å². The second-order valence-electron chi connectivity index (χ2n) is 10.2. The van der Waals surface area contributed by atoms with Gasteiger partial charge >= 0.3 is 5.97 Å². The number of ether oxygens (including phenoxy) is 1. The van der Waals surface area contributed by atoms with Crippen LogP contribution in [0.4, 0.5) is 17.3 Å². The van der Waals surface area contributed by atoms with Crippen LogP contribution in [0.3, 0.4) is 0 Å². The molecule has 0 bridgehead atoms. The van der Waals surface area contributed by atoms with Crippen molar-refractivity contribution in [1.82, 2.24) is 34.0 Å². The Labute approximate surface area is 239 Å². The van der Waals surface area contributed by atoms with E-state index in [2.05, 4.69) is 49.2 Å². The molecule has 210 valence electrons. The van der Waals surface area contributed by atoms with Gasteiger partial charge in [0.05, 0.1) is 18.2 Å². The third-order valence-electron chi connectivity index (χ3n) is 7.55. The van der Waals surface area contributed by atoms with Crippen LogP contribution in [0.2, 0.25) is 0 Å². The number of carbonyl (C=O) groups is 1. The van der Waals surface area contributed by atoms with Gasteiger partial charge in [0, 0.05) is 55.3 Å². The molecule has 0 atom stereocenters. The average molecular weight is 562 g/mol. The highest BCUT2D eigenvalue weighted by molar-refractivity contribution is 6.01. The van der Waals surface area contributed by atoms with Gasteiger partial charge in [-0.05, 0) is 61.6 Å². The molecule has 6 aromatic rings. The Bertz CT molecular complexity index is 2010. The minimum absolute atomic E-state index is 0.232. The fraction of sp³-hybridized carbons (Fsp3) is 0.200. The fourth-order valence-electron chi connectivity index (χ4n) is 5.29. The maximum atomic E-state index is 13.9. The summed E-state index contributed by atoms with van der Waals surface area (Å²) in [6, 6.07) is 18.6. The van der Waals surface area contributed by atoms with Crippen LogP contribution in [0, 0.1) is 0 Å². The van der Waals surface area contributed by atoms with Crippen molar-refractivity contribution >= 4 is 50.9 Å². The van der Waals surface area contributed by atoms with Crippen molar-refractivity contribution < 1.29 is 9.53 Å². The second-order valence-corrected chi connectivity index (χ2v) is 10.2. The van der Waals surface area contributed by atoms with Crippen LogP contribution in [0.25, 0.3) is 33.4 Å². The number of hydrogen-bond donors (Lipinski definition) is 1. The summed E-state index contributed by atoms with van der Waals surface area (Å²) in [5, 5.41) is 4.05. The molecule has 12 nitrogen and oxygen atoms in total. The van der Waals surface area contributed by atoms with Crippen LogP contribution >= 0.6 is 0 Å². The lowest BCUT2D eigenvalue weighted by molar-refractivity contribution is 0.0601. The van der Waals surface area contributed by atoms with Gasteiger partial charge in [-0.3, -0.25) is 4.79 Å². The number of likely N-dealkylation sites (N-methyl/N-ethyl adjacent to an activating group) is 1. The van der Waals surface area contributed by atoms with Gasteiger partial charge in [-0.1, -0.05) is 6.07 Å². The number of anilines is 3. The molecule has 5 heterocycles. The van der Waals surface area contributed by atoms with Crippen LogP contribution < -0.4 is 15.8 Å². The summed E-state index contributed by atoms with van der Waals surface area (Å²) in [6.07, 6.45) is 3.12. The standard InChI is InChI=1S/C30H27N9O3/c1-36-13-15-37(16-14-36)21-9-7-20(8-10-21)33-30-32-18-23-26(35-30)34-27-22-17-19(29(41)42-2)6-11-24(22)38(39(27)28(23)40)25-5-3-4-12-31-25/h3-12,17-18H,13-16H2,1-2H3,(H,32,33,35). The van der Waals surface area contributed by atoms with E-state index in [1.54, 1.807) is 41.2 Å². The molecular weight excluding hydrogens is 534 g/mol. The van der Waals surface area contributed by atoms with Crippen molar-refractivity contribution in [3.05, 3.63) is 89.0 Å². The van der Waals surface area contributed by atoms with Crippen molar-refractivity contribution in [2.75, 3.05) is 50.6 Å². The first-order valence-corrected chi connectivity index (χ1v) is 13.5. The molecule has 0 spiro atoms. The molecule has 0 unspecified atom stereocenters. The number of pyridine rings is 1. The van der Waals surface area contributed by atoms with Gasteiger partial charge in [-0.15, -0.1) is 0 Å². The third-order valence-corrected chi connectivity index (χ3v) is 7.55.